The van der Waals surface area contributed by atoms with Crippen molar-refractivity contribution >= 4 is 61.8 Å². The summed E-state index contributed by atoms with van der Waals surface area (Å²) in [6, 6.07) is 54.7. The van der Waals surface area contributed by atoms with E-state index in [4.69, 9.17) is 4.98 Å². The van der Waals surface area contributed by atoms with Gasteiger partial charge >= 0.3 is 0 Å². The van der Waals surface area contributed by atoms with E-state index < -0.39 is 8.07 Å². The second-order valence-corrected chi connectivity index (χ2v) is 19.2. The molecule has 4 nitrogen and oxygen atoms in total. The highest BCUT2D eigenvalue weighted by Crippen LogP contribution is 2.39. The van der Waals surface area contributed by atoms with Gasteiger partial charge in [-0.3, -0.25) is 4.40 Å². The maximum Gasteiger partial charge on any atom is 0.179 e. The van der Waals surface area contributed by atoms with Gasteiger partial charge in [0.05, 0.1) is 24.1 Å². The van der Waals surface area contributed by atoms with Crippen molar-refractivity contribution in [2.24, 2.45) is 0 Å². The van der Waals surface area contributed by atoms with E-state index in [1.54, 1.807) is 0 Å². The van der Waals surface area contributed by atoms with Crippen molar-refractivity contribution in [2.75, 3.05) is 18.6 Å². The molecule has 0 amide bonds. The van der Waals surface area contributed by atoms with Crippen molar-refractivity contribution in [3.8, 4) is 11.3 Å². The molecule has 8 aromatic rings. The van der Waals surface area contributed by atoms with Crippen LogP contribution in [-0.4, -0.2) is 36.1 Å². The van der Waals surface area contributed by atoms with Crippen LogP contribution in [0.2, 0.25) is 0 Å². The SMILES string of the molecule is CC(C)c1cccc(C(C)C)c1-c1cnc2c3cc([Si](c4ccccc4)(c4ccccc4)c4cccc(N5C=CN(C)C5)c4)ccc3c3ccccc3n12. The maximum absolute atomic E-state index is 5.35. The summed E-state index contributed by atoms with van der Waals surface area (Å²) in [7, 11) is -0.754. The second kappa shape index (κ2) is 13.5. The fourth-order valence-electron chi connectivity index (χ4n) is 8.89. The maximum atomic E-state index is 5.35. The normalized spacial score (nSPS) is 13.4. The van der Waals surface area contributed by atoms with Crippen LogP contribution >= 0.6 is 0 Å². The molecule has 0 spiro atoms. The van der Waals surface area contributed by atoms with E-state index in [1.807, 2.05) is 0 Å². The molecule has 1 aliphatic rings. The van der Waals surface area contributed by atoms with Crippen molar-refractivity contribution in [3.05, 3.63) is 175 Å². The fraction of sp³-hybridized carbons (Fsp3) is 0.163. The van der Waals surface area contributed by atoms with Crippen LogP contribution in [0.15, 0.2) is 164 Å². The molecule has 0 unspecified atom stereocenters. The van der Waals surface area contributed by atoms with E-state index in [9.17, 15) is 0 Å². The number of para-hydroxylation sites is 1. The smallest absolute Gasteiger partial charge is 0.179 e. The van der Waals surface area contributed by atoms with Crippen molar-refractivity contribution in [2.45, 2.75) is 39.5 Å². The van der Waals surface area contributed by atoms with Crippen molar-refractivity contribution in [1.29, 1.82) is 0 Å². The van der Waals surface area contributed by atoms with E-state index in [2.05, 4.69) is 213 Å². The lowest BCUT2D eigenvalue weighted by molar-refractivity contribution is 0.496. The van der Waals surface area contributed by atoms with Gasteiger partial charge < -0.3 is 9.80 Å². The molecule has 0 radical (unpaired) electrons. The topological polar surface area (TPSA) is 23.8 Å². The molecule has 0 N–H and O–H groups in total. The van der Waals surface area contributed by atoms with Crippen molar-refractivity contribution < 1.29 is 0 Å². The lowest BCUT2D eigenvalue weighted by Crippen LogP contribution is -2.74. The van der Waals surface area contributed by atoms with Crippen LogP contribution in [0, 0.1) is 0 Å². The molecule has 0 atom stereocenters. The van der Waals surface area contributed by atoms with Gasteiger partial charge in [0.15, 0.2) is 8.07 Å². The molecule has 266 valence electrons. The summed E-state index contributed by atoms with van der Waals surface area (Å²) in [6.07, 6.45) is 6.46. The van der Waals surface area contributed by atoms with Gasteiger partial charge in [0.25, 0.3) is 0 Å². The summed E-state index contributed by atoms with van der Waals surface area (Å²) in [5.74, 6) is 0.747. The van der Waals surface area contributed by atoms with E-state index in [1.165, 1.54) is 64.8 Å². The predicted molar refractivity (Wildman–Crippen MR) is 232 cm³/mol. The second-order valence-electron chi connectivity index (χ2n) is 15.4. The molecule has 54 heavy (non-hydrogen) atoms. The number of nitrogens with zero attached hydrogens (tertiary/aromatic N) is 4. The molecule has 5 heteroatoms. The first-order valence-electron chi connectivity index (χ1n) is 19.2. The minimum atomic E-state index is -2.88. The number of anilines is 1. The molecule has 1 aliphatic heterocycles. The molecule has 6 aromatic carbocycles. The Labute approximate surface area is 319 Å². The number of hydrogen-bond donors (Lipinski definition) is 0. The minimum Gasteiger partial charge on any atom is -0.361 e. The van der Waals surface area contributed by atoms with E-state index in [0.29, 0.717) is 11.8 Å². The van der Waals surface area contributed by atoms with Gasteiger partial charge in [0.1, 0.15) is 5.65 Å². The van der Waals surface area contributed by atoms with Crippen LogP contribution in [0.4, 0.5) is 5.69 Å². The highest BCUT2D eigenvalue weighted by Gasteiger charge is 2.42. The molecule has 3 heterocycles. The first kappa shape index (κ1) is 33.9. The quantitative estimate of drug-likeness (QED) is 0.0890. The third-order valence-corrected chi connectivity index (χ3v) is 16.2. The van der Waals surface area contributed by atoms with E-state index in [0.717, 1.165) is 18.0 Å². The number of hydrogen-bond acceptors (Lipinski definition) is 3. The van der Waals surface area contributed by atoms with Crippen LogP contribution < -0.4 is 25.6 Å². The number of benzene rings is 6. The lowest BCUT2D eigenvalue weighted by atomic mass is 9.87. The molecule has 0 aliphatic carbocycles. The van der Waals surface area contributed by atoms with Crippen LogP contribution in [0.1, 0.15) is 50.7 Å². The van der Waals surface area contributed by atoms with Crippen molar-refractivity contribution in [1.82, 2.24) is 14.3 Å². The fourth-order valence-corrected chi connectivity index (χ4v) is 13.7. The zero-order valence-corrected chi connectivity index (χ0v) is 32.7. The number of aromatic nitrogens is 2. The average Bonchev–Trinajstić information content (AvgIpc) is 3.86. The minimum absolute atomic E-state index is 0.373. The molecule has 0 saturated heterocycles. The zero-order chi connectivity index (χ0) is 37.0. The molecule has 0 bridgehead atoms. The van der Waals surface area contributed by atoms with E-state index in [-0.39, 0.29) is 0 Å². The summed E-state index contributed by atoms with van der Waals surface area (Å²) in [5, 5.41) is 9.04. The van der Waals surface area contributed by atoms with Gasteiger partial charge in [-0.05, 0) is 67.3 Å². The summed E-state index contributed by atoms with van der Waals surface area (Å²) in [5.41, 5.74) is 8.57. The standard InChI is InChI=1S/C49H46N4Si/c1-34(2)41-23-15-24-42(35(3)4)48(41)47-32-50-49-45-31-40(26-27-43(45)44-22-12-13-25-46(44)53(47)49)54(37-17-8-6-9-18-37,38-19-10-7-11-20-38)39-21-14-16-36(30-39)52-29-28-51(5)33-52/h6-32,34-35H,33H2,1-5H3. The van der Waals surface area contributed by atoms with Crippen LogP contribution in [0.25, 0.3) is 38.6 Å². The summed E-state index contributed by atoms with van der Waals surface area (Å²) in [6.45, 7) is 10.0. The first-order chi connectivity index (χ1) is 26.4. The Morgan fingerprint density at radius 2 is 1.17 bits per heavy atom. The predicted octanol–water partition coefficient (Wildman–Crippen LogP) is 9.11. The first-order valence-corrected chi connectivity index (χ1v) is 21.2. The van der Waals surface area contributed by atoms with Crippen LogP contribution in [0.3, 0.4) is 0 Å². The van der Waals surface area contributed by atoms with Gasteiger partial charge in [-0.2, -0.15) is 0 Å². The summed E-state index contributed by atoms with van der Waals surface area (Å²) >= 11 is 0. The summed E-state index contributed by atoms with van der Waals surface area (Å²) < 4.78 is 2.44. The third kappa shape index (κ3) is 5.37. The van der Waals surface area contributed by atoms with Gasteiger partial charge in [-0.1, -0.05) is 155 Å². The number of pyridine rings is 1. The number of rotatable bonds is 8. The molecule has 2 aromatic heterocycles. The highest BCUT2D eigenvalue weighted by atomic mass is 28.3. The molecule has 0 fully saturated rings. The van der Waals surface area contributed by atoms with Gasteiger partial charge in [-0.25, -0.2) is 4.98 Å². The Balaban J connectivity index is 1.39. The largest absolute Gasteiger partial charge is 0.361 e. The van der Waals surface area contributed by atoms with Crippen molar-refractivity contribution in [3.63, 3.8) is 0 Å². The highest BCUT2D eigenvalue weighted by molar-refractivity contribution is 7.20. The van der Waals surface area contributed by atoms with Gasteiger partial charge in [0.2, 0.25) is 0 Å². The van der Waals surface area contributed by atoms with E-state index >= 15 is 0 Å². The Bertz CT molecular complexity index is 2610. The number of imidazole rings is 1. The Hall–Kier alpha value is -5.91. The molecule has 0 saturated carbocycles. The lowest BCUT2D eigenvalue weighted by Gasteiger charge is -2.35. The molecular weight excluding hydrogens is 673 g/mol. The van der Waals surface area contributed by atoms with Gasteiger partial charge in [0, 0.05) is 41.5 Å². The van der Waals surface area contributed by atoms with Crippen LogP contribution in [-0.2, 0) is 0 Å². The Morgan fingerprint density at radius 1 is 0.556 bits per heavy atom. The Morgan fingerprint density at radius 3 is 1.81 bits per heavy atom. The molecule has 9 rings (SSSR count). The third-order valence-electron chi connectivity index (χ3n) is 11.4. The monoisotopic (exact) mass is 718 g/mol. The zero-order valence-electron chi connectivity index (χ0n) is 31.7. The average molecular weight is 719 g/mol. The number of fused-ring (bicyclic) bond motifs is 6. The summed E-state index contributed by atoms with van der Waals surface area (Å²) in [4.78, 5) is 9.90. The molecular formula is C49H46N4Si. The van der Waals surface area contributed by atoms with Crippen LogP contribution in [0.5, 0.6) is 0 Å². The Kier molecular flexibility index (Phi) is 8.47. The van der Waals surface area contributed by atoms with Gasteiger partial charge in [-0.15, -0.1) is 0 Å².